The summed E-state index contributed by atoms with van der Waals surface area (Å²) in [7, 11) is 0. The van der Waals surface area contributed by atoms with Crippen LogP contribution in [0.2, 0.25) is 0 Å². The smallest absolute Gasteiger partial charge is 0.257 e. The van der Waals surface area contributed by atoms with Crippen LogP contribution in [0.5, 0.6) is 0 Å². The van der Waals surface area contributed by atoms with Gasteiger partial charge in [0.1, 0.15) is 5.82 Å². The minimum absolute atomic E-state index is 0.00782. The molecule has 0 bridgehead atoms. The highest BCUT2D eigenvalue weighted by atomic mass is 16.2. The lowest BCUT2D eigenvalue weighted by atomic mass is 10.1. The van der Waals surface area contributed by atoms with Gasteiger partial charge in [-0.15, -0.1) is 0 Å². The molecule has 0 aliphatic carbocycles. The lowest BCUT2D eigenvalue weighted by Gasteiger charge is -2.20. The van der Waals surface area contributed by atoms with Gasteiger partial charge in [0.05, 0.1) is 16.9 Å². The molecule has 8 heteroatoms. The molecule has 166 valence electrons. The van der Waals surface area contributed by atoms with Crippen LogP contribution < -0.4 is 0 Å². The molecule has 0 saturated carbocycles. The number of aromatic nitrogens is 4. The fourth-order valence-corrected chi connectivity index (χ4v) is 4.11. The van der Waals surface area contributed by atoms with Crippen LogP contribution in [0.25, 0.3) is 5.69 Å². The molecular formula is C24H28N6O2. The van der Waals surface area contributed by atoms with E-state index in [4.69, 9.17) is 0 Å². The van der Waals surface area contributed by atoms with Crippen molar-refractivity contribution in [3.05, 3.63) is 71.6 Å². The molecule has 1 aliphatic heterocycles. The molecule has 0 spiro atoms. The molecule has 0 N–H and O–H groups in total. The topological polar surface area (TPSA) is 84.2 Å². The van der Waals surface area contributed by atoms with E-state index >= 15 is 0 Å². The van der Waals surface area contributed by atoms with Crippen LogP contribution in [0, 0.1) is 6.92 Å². The molecule has 4 rings (SSSR count). The second-order valence-corrected chi connectivity index (χ2v) is 7.94. The first kappa shape index (κ1) is 21.7. The predicted molar refractivity (Wildman–Crippen MR) is 121 cm³/mol. The standard InChI is InChI=1S/C24H28N6O2/c1-4-28(5-2)24(32)21-15-25-22(27-17(21)3)19-10-13-29(16-19)23(31)18-8-6-9-20(14-18)30-12-7-11-26-30/h6-9,11-12,14-15,19H,4-5,10,13,16H2,1-3H3/t19-/m1/s1. The van der Waals surface area contributed by atoms with Crippen molar-refractivity contribution < 1.29 is 9.59 Å². The van der Waals surface area contributed by atoms with E-state index in [9.17, 15) is 9.59 Å². The zero-order chi connectivity index (χ0) is 22.7. The summed E-state index contributed by atoms with van der Waals surface area (Å²) in [5.74, 6) is 0.703. The summed E-state index contributed by atoms with van der Waals surface area (Å²) in [6.45, 7) is 8.28. The first-order valence-corrected chi connectivity index (χ1v) is 11.0. The molecular weight excluding hydrogens is 404 g/mol. The number of carbonyl (C=O) groups is 2. The van der Waals surface area contributed by atoms with Crippen LogP contribution >= 0.6 is 0 Å². The van der Waals surface area contributed by atoms with E-state index < -0.39 is 0 Å². The summed E-state index contributed by atoms with van der Waals surface area (Å²) in [5.41, 5.74) is 2.71. The van der Waals surface area contributed by atoms with Gasteiger partial charge < -0.3 is 9.80 Å². The largest absolute Gasteiger partial charge is 0.339 e. The van der Waals surface area contributed by atoms with E-state index in [1.165, 1.54) is 0 Å². The lowest BCUT2D eigenvalue weighted by molar-refractivity contribution is 0.0769. The lowest BCUT2D eigenvalue weighted by Crippen LogP contribution is -2.31. The Morgan fingerprint density at radius 3 is 2.69 bits per heavy atom. The van der Waals surface area contributed by atoms with Crippen molar-refractivity contribution in [2.45, 2.75) is 33.1 Å². The van der Waals surface area contributed by atoms with Gasteiger partial charge in [0.15, 0.2) is 0 Å². The minimum atomic E-state index is -0.0423. The van der Waals surface area contributed by atoms with Crippen LogP contribution in [0.1, 0.15) is 58.4 Å². The van der Waals surface area contributed by atoms with Crippen LogP contribution in [0.15, 0.2) is 48.9 Å². The van der Waals surface area contributed by atoms with E-state index in [1.54, 1.807) is 22.0 Å². The van der Waals surface area contributed by atoms with Crippen molar-refractivity contribution >= 4 is 11.8 Å². The van der Waals surface area contributed by atoms with Crippen molar-refractivity contribution in [1.29, 1.82) is 0 Å². The molecule has 0 unspecified atom stereocenters. The summed E-state index contributed by atoms with van der Waals surface area (Å²) in [5, 5.41) is 4.23. The molecule has 8 nitrogen and oxygen atoms in total. The summed E-state index contributed by atoms with van der Waals surface area (Å²) < 4.78 is 1.74. The maximum absolute atomic E-state index is 13.1. The molecule has 1 aromatic carbocycles. The SMILES string of the molecule is CCN(CC)C(=O)c1cnc([C@@H]2CCN(C(=O)c3cccc(-n4cccn4)c3)C2)nc1C. The van der Waals surface area contributed by atoms with Gasteiger partial charge in [-0.25, -0.2) is 14.6 Å². The molecule has 1 aliphatic rings. The first-order chi connectivity index (χ1) is 15.5. The summed E-state index contributed by atoms with van der Waals surface area (Å²) in [6.07, 6.45) is 6.00. The fraction of sp³-hybridized carbons (Fsp3) is 0.375. The number of aryl methyl sites for hydroxylation is 1. The highest BCUT2D eigenvalue weighted by Gasteiger charge is 2.30. The molecule has 1 saturated heterocycles. The van der Waals surface area contributed by atoms with E-state index in [1.807, 2.05) is 62.2 Å². The Balaban J connectivity index is 1.47. The van der Waals surface area contributed by atoms with Gasteiger partial charge in [0.25, 0.3) is 11.8 Å². The monoisotopic (exact) mass is 432 g/mol. The summed E-state index contributed by atoms with van der Waals surface area (Å²) in [4.78, 5) is 38.5. The van der Waals surface area contributed by atoms with E-state index in [0.717, 1.165) is 12.1 Å². The third kappa shape index (κ3) is 4.26. The van der Waals surface area contributed by atoms with Gasteiger partial charge in [-0.2, -0.15) is 5.10 Å². The molecule has 1 atom stereocenters. The van der Waals surface area contributed by atoms with Crippen molar-refractivity contribution in [2.24, 2.45) is 0 Å². The maximum atomic E-state index is 13.1. The molecule has 2 aromatic heterocycles. The van der Waals surface area contributed by atoms with E-state index in [0.29, 0.717) is 48.8 Å². The Morgan fingerprint density at radius 1 is 1.19 bits per heavy atom. The number of likely N-dealkylation sites (tertiary alicyclic amines) is 1. The van der Waals surface area contributed by atoms with Crippen LogP contribution in [0.4, 0.5) is 0 Å². The molecule has 2 amide bonds. The van der Waals surface area contributed by atoms with Crippen molar-refractivity contribution in [1.82, 2.24) is 29.5 Å². The van der Waals surface area contributed by atoms with E-state index in [2.05, 4.69) is 15.1 Å². The number of hydrogen-bond donors (Lipinski definition) is 0. The van der Waals surface area contributed by atoms with Gasteiger partial charge in [-0.1, -0.05) is 6.07 Å². The number of nitrogens with zero attached hydrogens (tertiary/aromatic N) is 6. The summed E-state index contributed by atoms with van der Waals surface area (Å²) in [6, 6.07) is 9.33. The predicted octanol–water partition coefficient (Wildman–Crippen LogP) is 3.08. The number of amides is 2. The number of carbonyl (C=O) groups excluding carboxylic acids is 2. The Morgan fingerprint density at radius 2 is 2.00 bits per heavy atom. The zero-order valence-electron chi connectivity index (χ0n) is 18.7. The van der Waals surface area contributed by atoms with Crippen molar-refractivity contribution in [3.8, 4) is 5.69 Å². The van der Waals surface area contributed by atoms with Gasteiger partial charge in [-0.3, -0.25) is 9.59 Å². The van der Waals surface area contributed by atoms with Crippen LogP contribution in [-0.4, -0.2) is 67.5 Å². The van der Waals surface area contributed by atoms with Gasteiger partial charge >= 0.3 is 0 Å². The average molecular weight is 433 g/mol. The normalized spacial score (nSPS) is 15.7. The van der Waals surface area contributed by atoms with Gasteiger partial charge in [-0.05, 0) is 51.5 Å². The average Bonchev–Trinajstić information content (AvgIpc) is 3.52. The van der Waals surface area contributed by atoms with Gasteiger partial charge in [0, 0.05) is 56.3 Å². The molecule has 0 radical (unpaired) electrons. The number of benzene rings is 1. The van der Waals surface area contributed by atoms with E-state index in [-0.39, 0.29) is 17.7 Å². The Bertz CT molecular complexity index is 1110. The van der Waals surface area contributed by atoms with Gasteiger partial charge in [0.2, 0.25) is 0 Å². The Hall–Kier alpha value is -3.55. The third-order valence-corrected chi connectivity index (χ3v) is 5.98. The molecule has 3 aromatic rings. The zero-order valence-corrected chi connectivity index (χ0v) is 18.7. The third-order valence-electron chi connectivity index (χ3n) is 5.98. The number of hydrogen-bond acceptors (Lipinski definition) is 5. The van der Waals surface area contributed by atoms with Crippen molar-refractivity contribution in [3.63, 3.8) is 0 Å². The first-order valence-electron chi connectivity index (χ1n) is 11.0. The second-order valence-electron chi connectivity index (χ2n) is 7.94. The van der Waals surface area contributed by atoms with Crippen molar-refractivity contribution in [2.75, 3.05) is 26.2 Å². The maximum Gasteiger partial charge on any atom is 0.257 e. The quantitative estimate of drug-likeness (QED) is 0.598. The highest BCUT2D eigenvalue weighted by Crippen LogP contribution is 2.27. The molecule has 32 heavy (non-hydrogen) atoms. The minimum Gasteiger partial charge on any atom is -0.339 e. The molecule has 3 heterocycles. The summed E-state index contributed by atoms with van der Waals surface area (Å²) >= 11 is 0. The molecule has 1 fully saturated rings. The van der Waals surface area contributed by atoms with Crippen LogP contribution in [0.3, 0.4) is 0 Å². The number of rotatable bonds is 6. The fourth-order valence-electron chi connectivity index (χ4n) is 4.11. The second kappa shape index (κ2) is 9.30. The highest BCUT2D eigenvalue weighted by molar-refractivity contribution is 5.95. The Kier molecular flexibility index (Phi) is 6.30. The Labute approximate surface area is 187 Å². The van der Waals surface area contributed by atoms with Crippen LogP contribution in [-0.2, 0) is 0 Å².